The normalized spacial score (nSPS) is 33.1. The second kappa shape index (κ2) is 5.73. The SMILES string of the molecule is [2H]C[C@]12CO[C@H]([C@H](n3ccc(NC(=O)c4ccccc4)nc3=O)O1)[C@@]2(C)O. The Morgan fingerprint density at radius 1 is 1.42 bits per heavy atom. The molecule has 2 bridgehead atoms. The fraction of sp³-hybridized carbons (Fsp3) is 0.389. The predicted molar refractivity (Wildman–Crippen MR) is 91.8 cm³/mol. The van der Waals surface area contributed by atoms with Crippen molar-refractivity contribution in [3.8, 4) is 0 Å². The molecule has 0 unspecified atom stereocenters. The third-order valence-electron chi connectivity index (χ3n) is 4.96. The number of amides is 1. The molecule has 2 N–H and O–H groups in total. The zero-order valence-electron chi connectivity index (χ0n) is 15.1. The van der Waals surface area contributed by atoms with Crippen molar-refractivity contribution in [2.75, 3.05) is 11.9 Å². The van der Waals surface area contributed by atoms with Crippen LogP contribution in [0.25, 0.3) is 0 Å². The molecule has 2 aliphatic heterocycles. The molecular formula is C18H19N3O5. The first-order valence-corrected chi connectivity index (χ1v) is 8.15. The highest BCUT2D eigenvalue weighted by Gasteiger charge is 2.66. The van der Waals surface area contributed by atoms with Crippen molar-refractivity contribution in [3.05, 3.63) is 58.6 Å². The third kappa shape index (κ3) is 2.45. The van der Waals surface area contributed by atoms with Crippen molar-refractivity contribution < 1.29 is 20.7 Å². The number of carbonyl (C=O) groups is 1. The van der Waals surface area contributed by atoms with Gasteiger partial charge in [0.2, 0.25) is 0 Å². The van der Waals surface area contributed by atoms with E-state index >= 15 is 0 Å². The van der Waals surface area contributed by atoms with E-state index in [0.29, 0.717) is 5.56 Å². The molecule has 0 spiro atoms. The molecule has 4 rings (SSSR count). The molecule has 2 saturated heterocycles. The molecule has 3 heterocycles. The molecule has 2 aromatic rings. The molecule has 4 atom stereocenters. The number of nitrogens with zero attached hydrogens (tertiary/aromatic N) is 2. The molecule has 1 amide bonds. The van der Waals surface area contributed by atoms with Gasteiger partial charge >= 0.3 is 5.69 Å². The van der Waals surface area contributed by atoms with Gasteiger partial charge in [-0.2, -0.15) is 4.98 Å². The molecule has 136 valence electrons. The van der Waals surface area contributed by atoms with Crippen LogP contribution in [0.2, 0.25) is 0 Å². The van der Waals surface area contributed by atoms with E-state index in [1.165, 1.54) is 16.8 Å². The summed E-state index contributed by atoms with van der Waals surface area (Å²) in [6, 6.07) is 10.0. The van der Waals surface area contributed by atoms with Crippen LogP contribution < -0.4 is 11.0 Å². The quantitative estimate of drug-likeness (QED) is 0.846. The zero-order valence-corrected chi connectivity index (χ0v) is 14.1. The van der Waals surface area contributed by atoms with Crippen molar-refractivity contribution in [2.45, 2.75) is 37.4 Å². The van der Waals surface area contributed by atoms with E-state index in [-0.39, 0.29) is 25.2 Å². The Balaban J connectivity index is 1.57. The molecule has 2 fully saturated rings. The van der Waals surface area contributed by atoms with E-state index in [1.54, 1.807) is 37.3 Å². The number of ether oxygens (including phenoxy) is 2. The molecule has 2 aliphatic rings. The highest BCUT2D eigenvalue weighted by molar-refractivity contribution is 6.03. The van der Waals surface area contributed by atoms with E-state index < -0.39 is 29.2 Å². The molecule has 8 nitrogen and oxygen atoms in total. The van der Waals surface area contributed by atoms with Crippen LogP contribution in [-0.4, -0.2) is 44.5 Å². The van der Waals surface area contributed by atoms with Crippen LogP contribution >= 0.6 is 0 Å². The number of nitrogens with one attached hydrogen (secondary N) is 1. The third-order valence-corrected chi connectivity index (χ3v) is 4.96. The van der Waals surface area contributed by atoms with E-state index in [2.05, 4.69) is 10.3 Å². The van der Waals surface area contributed by atoms with Crippen LogP contribution in [0, 0.1) is 0 Å². The summed E-state index contributed by atoms with van der Waals surface area (Å²) in [7, 11) is 0. The highest BCUT2D eigenvalue weighted by Crippen LogP contribution is 2.50. The number of hydrogen-bond donors (Lipinski definition) is 2. The van der Waals surface area contributed by atoms with Gasteiger partial charge in [-0.1, -0.05) is 18.2 Å². The maximum absolute atomic E-state index is 12.5. The Morgan fingerprint density at radius 2 is 2.19 bits per heavy atom. The lowest BCUT2D eigenvalue weighted by Crippen LogP contribution is -2.47. The summed E-state index contributed by atoms with van der Waals surface area (Å²) >= 11 is 0. The number of anilines is 1. The van der Waals surface area contributed by atoms with Crippen molar-refractivity contribution in [1.82, 2.24) is 9.55 Å². The summed E-state index contributed by atoms with van der Waals surface area (Å²) in [6.07, 6.45) is -0.247. The van der Waals surface area contributed by atoms with Crippen LogP contribution in [0.1, 0.15) is 31.8 Å². The van der Waals surface area contributed by atoms with Gasteiger partial charge in [-0.05, 0) is 32.0 Å². The van der Waals surface area contributed by atoms with Gasteiger partial charge in [-0.3, -0.25) is 9.36 Å². The smallest absolute Gasteiger partial charge is 0.351 e. The maximum atomic E-state index is 12.5. The molecular weight excluding hydrogens is 338 g/mol. The van der Waals surface area contributed by atoms with Gasteiger partial charge in [0.15, 0.2) is 6.23 Å². The Bertz CT molecular complexity index is 932. The molecule has 0 aliphatic carbocycles. The second-order valence-corrected chi connectivity index (χ2v) is 6.70. The monoisotopic (exact) mass is 358 g/mol. The lowest BCUT2D eigenvalue weighted by atomic mass is 9.87. The number of carbonyl (C=O) groups excluding carboxylic acids is 1. The topological polar surface area (TPSA) is 103 Å². The van der Waals surface area contributed by atoms with E-state index in [4.69, 9.17) is 10.8 Å². The first-order chi connectivity index (χ1) is 12.9. The van der Waals surface area contributed by atoms with Gasteiger partial charge in [-0.15, -0.1) is 0 Å². The summed E-state index contributed by atoms with van der Waals surface area (Å²) in [6.45, 7) is 1.45. The Hall–Kier alpha value is -2.55. The zero-order chi connectivity index (χ0) is 19.2. The van der Waals surface area contributed by atoms with Crippen LogP contribution in [0.15, 0.2) is 47.4 Å². The van der Waals surface area contributed by atoms with Crippen LogP contribution in [0.3, 0.4) is 0 Å². The van der Waals surface area contributed by atoms with Gasteiger partial charge < -0.3 is 19.9 Å². The van der Waals surface area contributed by atoms with Crippen molar-refractivity contribution in [3.63, 3.8) is 0 Å². The number of fused-ring (bicyclic) bond motifs is 2. The summed E-state index contributed by atoms with van der Waals surface area (Å²) in [5.74, 6) is -0.271. The average molecular weight is 358 g/mol. The van der Waals surface area contributed by atoms with Gasteiger partial charge in [0.05, 0.1) is 6.61 Å². The number of rotatable bonds is 3. The highest BCUT2D eigenvalue weighted by atomic mass is 16.6. The van der Waals surface area contributed by atoms with Crippen LogP contribution in [-0.2, 0) is 9.47 Å². The minimum Gasteiger partial charge on any atom is -0.384 e. The van der Waals surface area contributed by atoms with Gasteiger partial charge in [-0.25, -0.2) is 4.79 Å². The van der Waals surface area contributed by atoms with E-state index in [9.17, 15) is 14.7 Å². The second-order valence-electron chi connectivity index (χ2n) is 6.70. The van der Waals surface area contributed by atoms with Crippen molar-refractivity contribution in [1.29, 1.82) is 0 Å². The summed E-state index contributed by atoms with van der Waals surface area (Å²) < 4.78 is 20.3. The molecule has 0 radical (unpaired) electrons. The van der Waals surface area contributed by atoms with Crippen LogP contribution in [0.4, 0.5) is 5.82 Å². The molecule has 8 heteroatoms. The summed E-state index contributed by atoms with van der Waals surface area (Å²) in [5, 5.41) is 13.3. The Labute approximate surface area is 150 Å². The minimum atomic E-state index is -1.39. The Kier molecular flexibility index (Phi) is 3.46. The summed E-state index contributed by atoms with van der Waals surface area (Å²) in [5.41, 5.74) is -2.78. The van der Waals surface area contributed by atoms with Crippen molar-refractivity contribution >= 4 is 11.7 Å². The van der Waals surface area contributed by atoms with Gasteiger partial charge in [0.25, 0.3) is 5.91 Å². The van der Waals surface area contributed by atoms with E-state index in [1.807, 2.05) is 0 Å². The van der Waals surface area contributed by atoms with Crippen molar-refractivity contribution in [2.24, 2.45) is 0 Å². The first kappa shape index (κ1) is 15.7. The van der Waals surface area contributed by atoms with Gasteiger partial charge in [0, 0.05) is 13.1 Å². The average Bonchev–Trinajstić information content (AvgIpc) is 3.05. The fourth-order valence-corrected chi connectivity index (χ4v) is 3.25. The lowest BCUT2D eigenvalue weighted by Gasteiger charge is -2.29. The molecule has 1 aromatic heterocycles. The number of aliphatic hydroxyl groups is 1. The molecule has 0 saturated carbocycles. The lowest BCUT2D eigenvalue weighted by molar-refractivity contribution is -0.169. The number of benzene rings is 1. The standard InChI is InChI=1S/C18H19N3O5/c1-17-10-25-13(18(17,2)24)15(26-17)21-9-8-12(20-16(21)23)19-14(22)11-6-4-3-5-7-11/h3-9,13,15,24H,10H2,1-2H3,(H,19,20,22,23)/t13-,15-,17-,18-/m1/s1/i1D. The Morgan fingerprint density at radius 3 is 2.85 bits per heavy atom. The van der Waals surface area contributed by atoms with Gasteiger partial charge in [0.1, 0.15) is 23.1 Å². The number of hydrogen-bond acceptors (Lipinski definition) is 6. The number of aromatic nitrogens is 2. The fourth-order valence-electron chi connectivity index (χ4n) is 3.25. The van der Waals surface area contributed by atoms with E-state index in [0.717, 1.165) is 0 Å². The first-order valence-electron chi connectivity index (χ1n) is 8.85. The summed E-state index contributed by atoms with van der Waals surface area (Å²) in [4.78, 5) is 28.5. The minimum absolute atomic E-state index is 0.0953. The molecule has 26 heavy (non-hydrogen) atoms. The van der Waals surface area contributed by atoms with Crippen LogP contribution in [0.5, 0.6) is 0 Å². The molecule has 1 aromatic carbocycles. The largest absolute Gasteiger partial charge is 0.384 e. The predicted octanol–water partition coefficient (Wildman–Crippen LogP) is 0.933. The maximum Gasteiger partial charge on any atom is 0.351 e.